The van der Waals surface area contributed by atoms with Crippen LogP contribution in [0.5, 0.6) is 5.75 Å². The quantitative estimate of drug-likeness (QED) is 0.679. The molecule has 0 unspecified atom stereocenters. The molecule has 8 heteroatoms. The van der Waals surface area contributed by atoms with Crippen molar-refractivity contribution in [1.82, 2.24) is 4.31 Å². The lowest BCUT2D eigenvalue weighted by Gasteiger charge is -2.19. The molecule has 0 aromatic heterocycles. The number of hydrogen-bond acceptors (Lipinski definition) is 4. The van der Waals surface area contributed by atoms with Crippen molar-refractivity contribution < 1.29 is 23.4 Å². The van der Waals surface area contributed by atoms with Gasteiger partial charge in [-0.2, -0.15) is 12.7 Å². The first-order valence-corrected chi connectivity index (χ1v) is 7.10. The van der Waals surface area contributed by atoms with Gasteiger partial charge < -0.3 is 10.2 Å². The average Bonchev–Trinajstić information content (AvgIpc) is 2.32. The third-order valence-electron chi connectivity index (χ3n) is 2.53. The van der Waals surface area contributed by atoms with Crippen molar-refractivity contribution in [2.24, 2.45) is 0 Å². The lowest BCUT2D eigenvalue weighted by Crippen LogP contribution is -2.35. The molecule has 0 heterocycles. The number of carboxylic acids is 1. The predicted octanol–water partition coefficient (Wildman–Crippen LogP) is 1.09. The van der Waals surface area contributed by atoms with Gasteiger partial charge in [-0.15, -0.1) is 0 Å². The number of rotatable bonds is 6. The van der Waals surface area contributed by atoms with Crippen molar-refractivity contribution in [2.75, 3.05) is 17.8 Å². The van der Waals surface area contributed by atoms with E-state index < -0.39 is 16.2 Å². The smallest absolute Gasteiger partial charge is 0.335 e. The zero-order valence-electron chi connectivity index (χ0n) is 10.6. The van der Waals surface area contributed by atoms with Gasteiger partial charge in [0, 0.05) is 13.1 Å². The number of phenolic OH excluding ortho intramolecular Hbond substituents is 1. The molecule has 0 aliphatic heterocycles. The molecule has 3 N–H and O–H groups in total. The van der Waals surface area contributed by atoms with E-state index in [1.807, 2.05) is 0 Å². The zero-order chi connectivity index (χ0) is 14.6. The minimum absolute atomic E-state index is 0.116. The molecule has 7 nitrogen and oxygen atoms in total. The molecule has 0 saturated heterocycles. The van der Waals surface area contributed by atoms with Gasteiger partial charge in [0.1, 0.15) is 5.75 Å². The van der Waals surface area contributed by atoms with Gasteiger partial charge in [-0.25, -0.2) is 4.79 Å². The standard InChI is InChI=1S/C11H16N2O5S/c1-3-13(4-2)19(17,18)12-9-7-8(11(15)16)5-6-10(9)14/h5-7,12,14H,3-4H2,1-2H3,(H,15,16). The monoisotopic (exact) mass is 288 g/mol. The first kappa shape index (κ1) is 15.3. The predicted molar refractivity (Wildman–Crippen MR) is 70.5 cm³/mol. The molecule has 1 aromatic rings. The normalized spacial score (nSPS) is 11.5. The Balaban J connectivity index is 3.11. The Morgan fingerprint density at radius 1 is 1.32 bits per heavy atom. The summed E-state index contributed by atoms with van der Waals surface area (Å²) in [5.41, 5.74) is -0.276. The molecule has 0 saturated carbocycles. The molecule has 0 aliphatic rings. The van der Waals surface area contributed by atoms with E-state index in [0.29, 0.717) is 0 Å². The number of aromatic carboxylic acids is 1. The van der Waals surface area contributed by atoms with Gasteiger partial charge in [0.25, 0.3) is 0 Å². The molecule has 0 aliphatic carbocycles. The Morgan fingerprint density at radius 2 is 1.89 bits per heavy atom. The molecule has 0 fully saturated rings. The van der Waals surface area contributed by atoms with Crippen LogP contribution in [0.1, 0.15) is 24.2 Å². The van der Waals surface area contributed by atoms with Crippen LogP contribution in [0.2, 0.25) is 0 Å². The van der Waals surface area contributed by atoms with Crippen molar-refractivity contribution >= 4 is 21.9 Å². The van der Waals surface area contributed by atoms with Crippen molar-refractivity contribution in [3.8, 4) is 5.75 Å². The lowest BCUT2D eigenvalue weighted by atomic mass is 10.2. The Kier molecular flexibility index (Phi) is 4.73. The van der Waals surface area contributed by atoms with Gasteiger partial charge in [-0.1, -0.05) is 13.8 Å². The number of carboxylic acid groups (broad SMARTS) is 1. The van der Waals surface area contributed by atoms with E-state index in [1.165, 1.54) is 6.07 Å². The van der Waals surface area contributed by atoms with Crippen molar-refractivity contribution in [2.45, 2.75) is 13.8 Å². The highest BCUT2D eigenvalue weighted by atomic mass is 32.2. The minimum atomic E-state index is -3.81. The number of nitrogens with zero attached hydrogens (tertiary/aromatic N) is 1. The number of benzene rings is 1. The maximum atomic E-state index is 12.0. The number of nitrogens with one attached hydrogen (secondary N) is 1. The summed E-state index contributed by atoms with van der Waals surface area (Å²) in [4.78, 5) is 10.8. The van der Waals surface area contributed by atoms with Crippen molar-refractivity contribution in [1.29, 1.82) is 0 Å². The summed E-state index contributed by atoms with van der Waals surface area (Å²) in [6, 6.07) is 3.38. The fourth-order valence-corrected chi connectivity index (χ4v) is 2.77. The number of aromatic hydroxyl groups is 1. The summed E-state index contributed by atoms with van der Waals surface area (Å²) in [6.45, 7) is 3.89. The SMILES string of the molecule is CCN(CC)S(=O)(=O)Nc1cc(C(=O)O)ccc1O. The number of hydrogen-bond donors (Lipinski definition) is 3. The molecular formula is C11H16N2O5S. The minimum Gasteiger partial charge on any atom is -0.506 e. The third-order valence-corrected chi connectivity index (χ3v) is 4.20. The van der Waals surface area contributed by atoms with Crippen LogP contribution >= 0.6 is 0 Å². The van der Waals surface area contributed by atoms with Crippen LogP contribution in [0.25, 0.3) is 0 Å². The van der Waals surface area contributed by atoms with Gasteiger partial charge in [-0.05, 0) is 18.2 Å². The largest absolute Gasteiger partial charge is 0.506 e. The van der Waals surface area contributed by atoms with Gasteiger partial charge >= 0.3 is 16.2 Å². The number of phenols is 1. The maximum Gasteiger partial charge on any atom is 0.335 e. The molecule has 0 radical (unpaired) electrons. The van der Waals surface area contributed by atoms with Crippen LogP contribution in [0, 0.1) is 0 Å². The van der Waals surface area contributed by atoms with E-state index in [4.69, 9.17) is 5.11 Å². The highest BCUT2D eigenvalue weighted by Crippen LogP contribution is 2.25. The first-order chi connectivity index (χ1) is 8.81. The number of anilines is 1. The molecule has 1 rings (SSSR count). The Morgan fingerprint density at radius 3 is 2.37 bits per heavy atom. The second kappa shape index (κ2) is 5.89. The molecule has 19 heavy (non-hydrogen) atoms. The van der Waals surface area contributed by atoms with Crippen molar-refractivity contribution in [3.63, 3.8) is 0 Å². The van der Waals surface area contributed by atoms with Crippen LogP contribution < -0.4 is 4.72 Å². The summed E-state index contributed by atoms with van der Waals surface area (Å²) in [6.07, 6.45) is 0. The van der Waals surface area contributed by atoms with E-state index in [2.05, 4.69) is 4.72 Å². The maximum absolute atomic E-state index is 12.0. The molecule has 0 amide bonds. The summed E-state index contributed by atoms with van der Waals surface area (Å²) < 4.78 is 27.2. The highest BCUT2D eigenvalue weighted by Gasteiger charge is 2.20. The van der Waals surface area contributed by atoms with E-state index >= 15 is 0 Å². The summed E-state index contributed by atoms with van der Waals surface area (Å²) in [5, 5.41) is 18.4. The Labute approximate surface area is 111 Å². The van der Waals surface area contributed by atoms with Crippen molar-refractivity contribution in [3.05, 3.63) is 23.8 Å². The average molecular weight is 288 g/mol. The molecule has 1 aromatic carbocycles. The zero-order valence-corrected chi connectivity index (χ0v) is 11.4. The van der Waals surface area contributed by atoms with Crippen LogP contribution in [0.4, 0.5) is 5.69 Å². The van der Waals surface area contributed by atoms with Crippen LogP contribution in [0.15, 0.2) is 18.2 Å². The van der Waals surface area contributed by atoms with E-state index in [1.54, 1.807) is 13.8 Å². The molecular weight excluding hydrogens is 272 g/mol. The third kappa shape index (κ3) is 3.58. The molecule has 0 spiro atoms. The van der Waals surface area contributed by atoms with Gasteiger partial charge in [0.15, 0.2) is 0 Å². The summed E-state index contributed by atoms with van der Waals surface area (Å²) in [7, 11) is -3.81. The first-order valence-electron chi connectivity index (χ1n) is 5.66. The van der Waals surface area contributed by atoms with Gasteiger partial charge in [0.05, 0.1) is 11.3 Å². The lowest BCUT2D eigenvalue weighted by molar-refractivity contribution is 0.0697. The fourth-order valence-electron chi connectivity index (χ4n) is 1.52. The van der Waals surface area contributed by atoms with E-state index in [0.717, 1.165) is 16.4 Å². The highest BCUT2D eigenvalue weighted by molar-refractivity contribution is 7.90. The summed E-state index contributed by atoms with van der Waals surface area (Å²) in [5.74, 6) is -1.54. The fraction of sp³-hybridized carbons (Fsp3) is 0.364. The van der Waals surface area contributed by atoms with E-state index in [9.17, 15) is 18.3 Å². The Bertz CT molecular complexity index is 566. The van der Waals surface area contributed by atoms with Crippen LogP contribution in [-0.2, 0) is 10.2 Å². The van der Waals surface area contributed by atoms with Gasteiger partial charge in [0.2, 0.25) is 0 Å². The van der Waals surface area contributed by atoms with E-state index in [-0.39, 0.29) is 30.1 Å². The topological polar surface area (TPSA) is 107 Å². The van der Waals surface area contributed by atoms with Crippen LogP contribution in [-0.4, -0.2) is 42.0 Å². The molecule has 106 valence electrons. The molecule has 0 atom stereocenters. The number of carbonyl (C=O) groups is 1. The molecule has 0 bridgehead atoms. The van der Waals surface area contributed by atoms with Crippen LogP contribution in [0.3, 0.4) is 0 Å². The second-order valence-electron chi connectivity index (χ2n) is 3.73. The Hall–Kier alpha value is -1.80. The summed E-state index contributed by atoms with van der Waals surface area (Å²) >= 11 is 0. The van der Waals surface area contributed by atoms with Gasteiger partial charge in [-0.3, -0.25) is 4.72 Å². The second-order valence-corrected chi connectivity index (χ2v) is 5.40.